The minimum atomic E-state index is -0.422. The molecule has 3 N–H and O–H groups in total. The van der Waals surface area contributed by atoms with Crippen LogP contribution in [0.4, 0.5) is 11.4 Å². The fourth-order valence-electron chi connectivity index (χ4n) is 2.57. The highest BCUT2D eigenvalue weighted by Gasteiger charge is 2.15. The molecule has 0 radical (unpaired) electrons. The van der Waals surface area contributed by atoms with Crippen LogP contribution in [-0.2, 0) is 4.79 Å². The Morgan fingerprint density at radius 2 is 2.12 bits per heavy atom. The molecule has 1 unspecified atom stereocenters. The number of nitrogens with zero attached hydrogens (tertiary/aromatic N) is 2. The summed E-state index contributed by atoms with van der Waals surface area (Å²) in [5.74, 6) is -0.820. The third-order valence-corrected chi connectivity index (χ3v) is 4.53. The van der Waals surface area contributed by atoms with Crippen LogP contribution in [0.1, 0.15) is 24.0 Å². The zero-order valence-electron chi connectivity index (χ0n) is 13.5. The van der Waals surface area contributed by atoms with E-state index in [1.165, 1.54) is 0 Å². The summed E-state index contributed by atoms with van der Waals surface area (Å²) in [4.78, 5) is 15.8. The number of benzene rings is 2. The topological polar surface area (TPSA) is 91.8 Å². The first-order valence-corrected chi connectivity index (χ1v) is 8.43. The largest absolute Gasteiger partial charge is 0.369 e. The molecule has 6 heteroatoms. The number of carbonyl (C=O) groups is 1. The standard InChI is InChI=1S/C19H15BrN4O/c1-11(19(22)25)12-5-6-17-16(7-12)18(13(9-21)10-23-17)24-15-4-2-3-14(20)8-15/h2-8,10-11H,1H3,(H2,22,25)(H,23,24). The van der Waals surface area contributed by atoms with Crippen LogP contribution in [0.3, 0.4) is 0 Å². The highest BCUT2D eigenvalue weighted by molar-refractivity contribution is 9.10. The van der Waals surface area contributed by atoms with E-state index in [4.69, 9.17) is 5.73 Å². The average Bonchev–Trinajstić information content (AvgIpc) is 2.61. The number of amides is 1. The molecule has 3 rings (SSSR count). The Bertz CT molecular complexity index is 1010. The number of primary amides is 1. The first-order valence-electron chi connectivity index (χ1n) is 7.64. The van der Waals surface area contributed by atoms with Crippen molar-refractivity contribution >= 4 is 44.1 Å². The maximum atomic E-state index is 11.5. The van der Waals surface area contributed by atoms with Crippen LogP contribution in [-0.4, -0.2) is 10.9 Å². The number of aromatic nitrogens is 1. The number of pyridine rings is 1. The first kappa shape index (κ1) is 16.9. The molecule has 5 nitrogen and oxygen atoms in total. The SMILES string of the molecule is CC(C(N)=O)c1ccc2ncc(C#N)c(Nc3cccc(Br)c3)c2c1. The van der Waals surface area contributed by atoms with Gasteiger partial charge in [0.05, 0.1) is 22.7 Å². The van der Waals surface area contributed by atoms with Crippen molar-refractivity contribution in [3.8, 4) is 6.07 Å². The van der Waals surface area contributed by atoms with Gasteiger partial charge in [-0.15, -0.1) is 0 Å². The Morgan fingerprint density at radius 3 is 2.80 bits per heavy atom. The smallest absolute Gasteiger partial charge is 0.224 e. The third kappa shape index (κ3) is 3.47. The molecule has 1 atom stereocenters. The van der Waals surface area contributed by atoms with E-state index in [-0.39, 0.29) is 0 Å². The molecule has 0 spiro atoms. The Balaban J connectivity index is 2.18. The molecule has 0 fully saturated rings. The molecule has 1 aromatic heterocycles. The molecule has 1 heterocycles. The number of halogens is 1. The van der Waals surface area contributed by atoms with Crippen molar-refractivity contribution in [2.24, 2.45) is 5.73 Å². The first-order chi connectivity index (χ1) is 12.0. The summed E-state index contributed by atoms with van der Waals surface area (Å²) in [6, 6.07) is 15.3. The second-order valence-electron chi connectivity index (χ2n) is 5.69. The van der Waals surface area contributed by atoms with E-state index in [1.807, 2.05) is 42.5 Å². The molecule has 2 aromatic carbocycles. The molecule has 0 saturated heterocycles. The highest BCUT2D eigenvalue weighted by atomic mass is 79.9. The van der Waals surface area contributed by atoms with E-state index >= 15 is 0 Å². The predicted molar refractivity (Wildman–Crippen MR) is 101 cm³/mol. The Kier molecular flexibility index (Phi) is 4.68. The molecule has 0 aliphatic rings. The quantitative estimate of drug-likeness (QED) is 0.693. The summed E-state index contributed by atoms with van der Waals surface area (Å²) < 4.78 is 0.928. The summed E-state index contributed by atoms with van der Waals surface area (Å²) in [5.41, 5.74) is 8.86. The van der Waals surface area contributed by atoms with Gasteiger partial charge in [-0.05, 0) is 42.8 Å². The minimum absolute atomic E-state index is 0.398. The van der Waals surface area contributed by atoms with E-state index in [1.54, 1.807) is 13.1 Å². The zero-order chi connectivity index (χ0) is 18.0. The summed E-state index contributed by atoms with van der Waals surface area (Å²) in [5, 5.41) is 13.5. The number of carbonyl (C=O) groups excluding carboxylic acids is 1. The second-order valence-corrected chi connectivity index (χ2v) is 6.61. The Morgan fingerprint density at radius 1 is 1.32 bits per heavy atom. The van der Waals surface area contributed by atoms with Crippen molar-refractivity contribution in [3.63, 3.8) is 0 Å². The van der Waals surface area contributed by atoms with Crippen molar-refractivity contribution < 1.29 is 4.79 Å². The van der Waals surface area contributed by atoms with Crippen molar-refractivity contribution in [3.05, 3.63) is 64.3 Å². The Labute approximate surface area is 153 Å². The summed E-state index contributed by atoms with van der Waals surface area (Å²) in [7, 11) is 0. The monoisotopic (exact) mass is 394 g/mol. The van der Waals surface area contributed by atoms with Crippen LogP contribution in [0.15, 0.2) is 53.1 Å². The van der Waals surface area contributed by atoms with Crippen LogP contribution in [0.5, 0.6) is 0 Å². The number of nitrogens with two attached hydrogens (primary N) is 1. The van der Waals surface area contributed by atoms with Crippen molar-refractivity contribution in [1.29, 1.82) is 5.26 Å². The van der Waals surface area contributed by atoms with Crippen LogP contribution < -0.4 is 11.1 Å². The normalized spacial score (nSPS) is 11.7. The summed E-state index contributed by atoms with van der Waals surface area (Å²) in [6.07, 6.45) is 1.54. The lowest BCUT2D eigenvalue weighted by Gasteiger charge is -2.14. The van der Waals surface area contributed by atoms with Gasteiger partial charge in [0.25, 0.3) is 0 Å². The fraction of sp³-hybridized carbons (Fsp3) is 0.105. The van der Waals surface area contributed by atoms with E-state index in [2.05, 4.69) is 32.3 Å². The number of anilines is 2. The maximum Gasteiger partial charge on any atom is 0.224 e. The van der Waals surface area contributed by atoms with Gasteiger partial charge in [-0.3, -0.25) is 9.78 Å². The molecule has 0 saturated carbocycles. The van der Waals surface area contributed by atoms with Gasteiger partial charge in [0.2, 0.25) is 5.91 Å². The van der Waals surface area contributed by atoms with Crippen molar-refractivity contribution in [1.82, 2.24) is 4.98 Å². The van der Waals surface area contributed by atoms with Gasteiger partial charge in [-0.2, -0.15) is 5.26 Å². The van der Waals surface area contributed by atoms with Gasteiger partial charge in [-0.1, -0.05) is 28.1 Å². The molecule has 25 heavy (non-hydrogen) atoms. The lowest BCUT2D eigenvalue weighted by atomic mass is 9.97. The van der Waals surface area contributed by atoms with Gasteiger partial charge in [0.1, 0.15) is 6.07 Å². The number of nitrogens with one attached hydrogen (secondary N) is 1. The van der Waals surface area contributed by atoms with Crippen molar-refractivity contribution in [2.75, 3.05) is 5.32 Å². The van der Waals surface area contributed by atoms with Crippen LogP contribution in [0.25, 0.3) is 10.9 Å². The molecule has 0 bridgehead atoms. The average molecular weight is 395 g/mol. The van der Waals surface area contributed by atoms with E-state index in [0.717, 1.165) is 26.6 Å². The lowest BCUT2D eigenvalue weighted by molar-refractivity contribution is -0.119. The molecular formula is C19H15BrN4O. The fourth-order valence-corrected chi connectivity index (χ4v) is 2.97. The van der Waals surface area contributed by atoms with Gasteiger partial charge in [0, 0.05) is 21.7 Å². The van der Waals surface area contributed by atoms with E-state index < -0.39 is 11.8 Å². The molecule has 1 amide bonds. The van der Waals surface area contributed by atoms with E-state index in [0.29, 0.717) is 11.3 Å². The summed E-state index contributed by atoms with van der Waals surface area (Å²) in [6.45, 7) is 1.76. The highest BCUT2D eigenvalue weighted by Crippen LogP contribution is 2.31. The second kappa shape index (κ2) is 6.91. The van der Waals surface area contributed by atoms with Gasteiger partial charge >= 0.3 is 0 Å². The number of nitriles is 1. The maximum absolute atomic E-state index is 11.5. The number of hydrogen-bond donors (Lipinski definition) is 2. The number of rotatable bonds is 4. The summed E-state index contributed by atoms with van der Waals surface area (Å²) >= 11 is 3.44. The van der Waals surface area contributed by atoms with Crippen LogP contribution in [0, 0.1) is 11.3 Å². The zero-order valence-corrected chi connectivity index (χ0v) is 15.0. The van der Waals surface area contributed by atoms with Crippen LogP contribution >= 0.6 is 15.9 Å². The van der Waals surface area contributed by atoms with Crippen LogP contribution in [0.2, 0.25) is 0 Å². The van der Waals surface area contributed by atoms with Gasteiger partial charge in [0.15, 0.2) is 0 Å². The molecule has 0 aliphatic heterocycles. The number of fused-ring (bicyclic) bond motifs is 1. The lowest BCUT2D eigenvalue weighted by Crippen LogP contribution is -2.18. The van der Waals surface area contributed by atoms with E-state index in [9.17, 15) is 10.1 Å². The Hall–Kier alpha value is -2.91. The molecule has 3 aromatic rings. The van der Waals surface area contributed by atoms with Crippen molar-refractivity contribution in [2.45, 2.75) is 12.8 Å². The molecule has 0 aliphatic carbocycles. The minimum Gasteiger partial charge on any atom is -0.369 e. The van der Waals surface area contributed by atoms with Gasteiger partial charge in [-0.25, -0.2) is 0 Å². The molecule has 124 valence electrons. The predicted octanol–water partition coefficient (Wildman–Crippen LogP) is 4.20. The molecular weight excluding hydrogens is 380 g/mol. The third-order valence-electron chi connectivity index (χ3n) is 4.03. The number of hydrogen-bond acceptors (Lipinski definition) is 4. The van der Waals surface area contributed by atoms with Gasteiger partial charge < -0.3 is 11.1 Å².